The average Bonchev–Trinajstić information content (AvgIpc) is 2.38. The van der Waals surface area contributed by atoms with Gasteiger partial charge in [-0.15, -0.1) is 0 Å². The number of halogens is 1. The number of likely N-dealkylation sites (N-methyl/N-ethyl adjacent to an activating group) is 1. The molecule has 2 aromatic carbocycles. The Bertz CT molecular complexity index is 560. The molecule has 20 heavy (non-hydrogen) atoms. The molecule has 2 N–H and O–H groups in total. The fraction of sp³-hybridized carbons (Fsp3) is 0.250. The Kier molecular flexibility index (Phi) is 5.44. The van der Waals surface area contributed by atoms with Crippen molar-refractivity contribution in [2.75, 3.05) is 25.9 Å². The summed E-state index contributed by atoms with van der Waals surface area (Å²) < 4.78 is 6.75. The monoisotopic (exact) mass is 334 g/mol. The minimum atomic E-state index is 0.662. The summed E-state index contributed by atoms with van der Waals surface area (Å²) >= 11 is 3.43. The maximum absolute atomic E-state index is 5.78. The van der Waals surface area contributed by atoms with E-state index in [4.69, 9.17) is 10.5 Å². The van der Waals surface area contributed by atoms with E-state index in [1.165, 1.54) is 5.56 Å². The molecule has 106 valence electrons. The predicted molar refractivity (Wildman–Crippen MR) is 86.8 cm³/mol. The molecular formula is C16H19BrN2O. The molecule has 0 aliphatic heterocycles. The first kappa shape index (κ1) is 14.9. The highest BCUT2D eigenvalue weighted by atomic mass is 79.9. The molecule has 0 unspecified atom stereocenters. The number of anilines is 1. The molecule has 0 aromatic heterocycles. The van der Waals surface area contributed by atoms with Gasteiger partial charge in [0.2, 0.25) is 0 Å². The van der Waals surface area contributed by atoms with Crippen LogP contribution in [0, 0.1) is 0 Å². The van der Waals surface area contributed by atoms with Gasteiger partial charge in [-0.05, 0) is 42.9 Å². The van der Waals surface area contributed by atoms with Crippen LogP contribution in [0.15, 0.2) is 53.0 Å². The Balaban J connectivity index is 1.76. The molecule has 0 bridgehead atoms. The number of rotatable bonds is 6. The summed E-state index contributed by atoms with van der Waals surface area (Å²) in [6, 6.07) is 15.9. The highest BCUT2D eigenvalue weighted by Gasteiger charge is 2.02. The zero-order chi connectivity index (χ0) is 14.4. The van der Waals surface area contributed by atoms with Crippen molar-refractivity contribution in [2.45, 2.75) is 6.54 Å². The Morgan fingerprint density at radius 3 is 2.70 bits per heavy atom. The van der Waals surface area contributed by atoms with Gasteiger partial charge >= 0.3 is 0 Å². The first-order chi connectivity index (χ1) is 9.63. The third-order valence-electron chi connectivity index (χ3n) is 2.94. The van der Waals surface area contributed by atoms with Gasteiger partial charge in [0.1, 0.15) is 12.4 Å². The summed E-state index contributed by atoms with van der Waals surface area (Å²) in [6.45, 7) is 2.39. The maximum Gasteiger partial charge on any atom is 0.120 e. The molecule has 2 rings (SSSR count). The summed E-state index contributed by atoms with van der Waals surface area (Å²) in [4.78, 5) is 2.22. The lowest BCUT2D eigenvalue weighted by Gasteiger charge is -2.17. The van der Waals surface area contributed by atoms with E-state index in [0.717, 1.165) is 29.0 Å². The highest BCUT2D eigenvalue weighted by Crippen LogP contribution is 2.17. The number of ether oxygens (including phenoxy) is 1. The molecule has 0 aliphatic carbocycles. The van der Waals surface area contributed by atoms with E-state index in [1.807, 2.05) is 42.5 Å². The summed E-state index contributed by atoms with van der Waals surface area (Å²) in [5, 5.41) is 0. The Morgan fingerprint density at radius 2 is 1.95 bits per heavy atom. The molecule has 0 fully saturated rings. The van der Waals surface area contributed by atoms with Gasteiger partial charge in [-0.1, -0.05) is 34.1 Å². The van der Waals surface area contributed by atoms with Crippen molar-refractivity contribution >= 4 is 21.6 Å². The number of nitrogens with two attached hydrogens (primary N) is 1. The molecule has 2 aromatic rings. The predicted octanol–water partition coefficient (Wildman–Crippen LogP) is 3.54. The zero-order valence-electron chi connectivity index (χ0n) is 11.6. The van der Waals surface area contributed by atoms with Crippen molar-refractivity contribution in [2.24, 2.45) is 0 Å². The standard InChI is InChI=1S/C16H19BrN2O/c1-19(12-13-4-2-6-15(18)10-13)8-9-20-16-7-3-5-14(17)11-16/h2-7,10-11H,8-9,12,18H2,1H3. The first-order valence-corrected chi connectivity index (χ1v) is 7.34. The van der Waals surface area contributed by atoms with E-state index >= 15 is 0 Å². The molecule has 0 saturated carbocycles. The van der Waals surface area contributed by atoms with Crippen molar-refractivity contribution in [3.05, 3.63) is 58.6 Å². The summed E-state index contributed by atoms with van der Waals surface area (Å²) in [5.41, 5.74) is 7.80. The quantitative estimate of drug-likeness (QED) is 0.821. The molecule has 0 aliphatic rings. The largest absolute Gasteiger partial charge is 0.492 e. The number of nitrogen functional groups attached to an aromatic ring is 1. The van der Waals surface area contributed by atoms with Crippen LogP contribution in [0.4, 0.5) is 5.69 Å². The number of benzene rings is 2. The third-order valence-corrected chi connectivity index (χ3v) is 3.43. The minimum Gasteiger partial charge on any atom is -0.492 e. The van der Waals surface area contributed by atoms with Crippen LogP contribution in [-0.4, -0.2) is 25.1 Å². The lowest BCUT2D eigenvalue weighted by molar-refractivity contribution is 0.233. The topological polar surface area (TPSA) is 38.5 Å². The lowest BCUT2D eigenvalue weighted by atomic mass is 10.2. The SMILES string of the molecule is CN(CCOc1cccc(Br)c1)Cc1cccc(N)c1. The first-order valence-electron chi connectivity index (χ1n) is 6.55. The van der Waals surface area contributed by atoms with E-state index in [2.05, 4.69) is 33.9 Å². The van der Waals surface area contributed by atoms with E-state index in [-0.39, 0.29) is 0 Å². The Morgan fingerprint density at radius 1 is 1.15 bits per heavy atom. The van der Waals surface area contributed by atoms with E-state index in [0.29, 0.717) is 6.61 Å². The molecule has 0 radical (unpaired) electrons. The van der Waals surface area contributed by atoms with Crippen LogP contribution in [0.25, 0.3) is 0 Å². The molecule has 4 heteroatoms. The second-order valence-electron chi connectivity index (χ2n) is 4.79. The smallest absolute Gasteiger partial charge is 0.120 e. The van der Waals surface area contributed by atoms with Crippen molar-refractivity contribution in [3.63, 3.8) is 0 Å². The van der Waals surface area contributed by atoms with Crippen molar-refractivity contribution < 1.29 is 4.74 Å². The number of hydrogen-bond donors (Lipinski definition) is 1. The third kappa shape index (κ3) is 4.87. The normalized spacial score (nSPS) is 10.8. The van der Waals surface area contributed by atoms with Crippen LogP contribution in [0.5, 0.6) is 5.75 Å². The second kappa shape index (κ2) is 7.31. The second-order valence-corrected chi connectivity index (χ2v) is 5.70. The van der Waals surface area contributed by atoms with Gasteiger partial charge in [-0.3, -0.25) is 4.90 Å². The van der Waals surface area contributed by atoms with E-state index < -0.39 is 0 Å². The molecule has 0 spiro atoms. The lowest BCUT2D eigenvalue weighted by Crippen LogP contribution is -2.23. The van der Waals surface area contributed by atoms with Gasteiger partial charge in [-0.2, -0.15) is 0 Å². The fourth-order valence-electron chi connectivity index (χ4n) is 1.96. The van der Waals surface area contributed by atoms with Crippen LogP contribution in [0.3, 0.4) is 0 Å². The van der Waals surface area contributed by atoms with E-state index in [1.54, 1.807) is 0 Å². The van der Waals surface area contributed by atoms with Crippen LogP contribution in [0.2, 0.25) is 0 Å². The van der Waals surface area contributed by atoms with Crippen LogP contribution < -0.4 is 10.5 Å². The summed E-state index contributed by atoms with van der Waals surface area (Å²) in [5.74, 6) is 0.886. The summed E-state index contributed by atoms with van der Waals surface area (Å²) in [6.07, 6.45) is 0. The average molecular weight is 335 g/mol. The molecular weight excluding hydrogens is 316 g/mol. The van der Waals surface area contributed by atoms with Gasteiger partial charge in [0, 0.05) is 23.2 Å². The molecule has 3 nitrogen and oxygen atoms in total. The highest BCUT2D eigenvalue weighted by molar-refractivity contribution is 9.10. The van der Waals surface area contributed by atoms with Gasteiger partial charge in [0.25, 0.3) is 0 Å². The molecule has 0 amide bonds. The van der Waals surface area contributed by atoms with Gasteiger partial charge in [-0.25, -0.2) is 0 Å². The van der Waals surface area contributed by atoms with Gasteiger partial charge in [0.05, 0.1) is 0 Å². The van der Waals surface area contributed by atoms with Crippen LogP contribution in [-0.2, 0) is 6.54 Å². The fourth-order valence-corrected chi connectivity index (χ4v) is 2.34. The summed E-state index contributed by atoms with van der Waals surface area (Å²) in [7, 11) is 2.08. The Hall–Kier alpha value is -1.52. The minimum absolute atomic E-state index is 0.662. The molecule has 0 saturated heterocycles. The van der Waals surface area contributed by atoms with Gasteiger partial charge in [0.15, 0.2) is 0 Å². The maximum atomic E-state index is 5.78. The van der Waals surface area contributed by atoms with Crippen molar-refractivity contribution in [3.8, 4) is 5.75 Å². The van der Waals surface area contributed by atoms with Crippen LogP contribution in [0.1, 0.15) is 5.56 Å². The number of hydrogen-bond acceptors (Lipinski definition) is 3. The van der Waals surface area contributed by atoms with Crippen molar-refractivity contribution in [1.82, 2.24) is 4.90 Å². The number of nitrogens with zero attached hydrogens (tertiary/aromatic N) is 1. The zero-order valence-corrected chi connectivity index (χ0v) is 13.1. The van der Waals surface area contributed by atoms with Crippen molar-refractivity contribution in [1.29, 1.82) is 0 Å². The molecule has 0 heterocycles. The van der Waals surface area contributed by atoms with Crippen LogP contribution >= 0.6 is 15.9 Å². The van der Waals surface area contributed by atoms with E-state index in [9.17, 15) is 0 Å². The Labute approximate surface area is 128 Å². The molecule has 0 atom stereocenters. The van der Waals surface area contributed by atoms with Gasteiger partial charge < -0.3 is 10.5 Å².